The molecule has 1 aromatic heterocycles. The third kappa shape index (κ3) is 2.79. The van der Waals surface area contributed by atoms with E-state index < -0.39 is 5.92 Å². The zero-order chi connectivity index (χ0) is 18.3. The number of likely N-dealkylation sites (N-methyl/N-ethyl adjacent to an activating group) is 1. The summed E-state index contributed by atoms with van der Waals surface area (Å²) < 4.78 is 5.07. The summed E-state index contributed by atoms with van der Waals surface area (Å²) in [6.45, 7) is 3.03. The maximum atomic E-state index is 12.0. The Morgan fingerprint density at radius 2 is 2.35 bits per heavy atom. The van der Waals surface area contributed by atoms with Gasteiger partial charge in [-0.25, -0.2) is 0 Å². The number of aromatic nitrogens is 1. The second-order valence-electron chi connectivity index (χ2n) is 7.67. The summed E-state index contributed by atoms with van der Waals surface area (Å²) >= 11 is 0. The van der Waals surface area contributed by atoms with E-state index in [1.165, 1.54) is 22.0 Å². The van der Waals surface area contributed by atoms with Crippen LogP contribution in [0.4, 0.5) is 0 Å². The highest BCUT2D eigenvalue weighted by molar-refractivity contribution is 5.88. The molecule has 0 amide bonds. The molecule has 0 bridgehead atoms. The van der Waals surface area contributed by atoms with Gasteiger partial charge in [-0.3, -0.25) is 4.79 Å². The second-order valence-corrected chi connectivity index (χ2v) is 7.67. The molecule has 4 atom stereocenters. The van der Waals surface area contributed by atoms with E-state index in [9.17, 15) is 10.1 Å². The normalized spacial score (nSPS) is 26.1. The first-order chi connectivity index (χ1) is 12.6. The van der Waals surface area contributed by atoms with Crippen molar-refractivity contribution in [2.75, 3.05) is 20.2 Å². The largest absolute Gasteiger partial charge is 0.465 e. The summed E-state index contributed by atoms with van der Waals surface area (Å²) in [6.07, 6.45) is 4.82. The molecule has 2 aromatic rings. The van der Waals surface area contributed by atoms with Crippen LogP contribution in [0.15, 0.2) is 24.4 Å². The van der Waals surface area contributed by atoms with Gasteiger partial charge >= 0.3 is 5.97 Å². The molecule has 1 saturated heterocycles. The Bertz CT molecular complexity index is 866. The van der Waals surface area contributed by atoms with Gasteiger partial charge in [0.2, 0.25) is 0 Å². The SMILES string of the molecule is CCOC(=O)C(C#N)C[C@H]1C[C@@H]2c3cccc4[nH]cc(c34)C[C@H]2N(C)C1. The number of H-pyrrole nitrogens is 1. The number of aromatic amines is 1. The van der Waals surface area contributed by atoms with Crippen molar-refractivity contribution in [2.24, 2.45) is 11.8 Å². The molecule has 5 nitrogen and oxygen atoms in total. The zero-order valence-electron chi connectivity index (χ0n) is 15.4. The van der Waals surface area contributed by atoms with Gasteiger partial charge in [-0.2, -0.15) is 5.26 Å². The standard InChI is InChI=1S/C21H25N3O2/c1-3-26-21(25)14(10-22)7-13-8-17-16-5-4-6-18-20(16)15(11-23-18)9-19(17)24(2)12-13/h4-6,11,13-14,17,19,23H,3,7-9,12H2,1-2H3/t13-,14?,17+,19+/m0/s1. The Hall–Kier alpha value is -2.32. The maximum absolute atomic E-state index is 12.0. The van der Waals surface area contributed by atoms with Crippen LogP contribution in [0, 0.1) is 23.2 Å². The lowest BCUT2D eigenvalue weighted by Crippen LogP contribution is -2.48. The quantitative estimate of drug-likeness (QED) is 0.859. The number of rotatable bonds is 4. The first-order valence-corrected chi connectivity index (χ1v) is 9.47. The van der Waals surface area contributed by atoms with Crippen LogP contribution in [0.5, 0.6) is 0 Å². The van der Waals surface area contributed by atoms with E-state index in [1.807, 2.05) is 0 Å². The number of nitrogens with one attached hydrogen (secondary N) is 1. The van der Waals surface area contributed by atoms with Crippen LogP contribution >= 0.6 is 0 Å². The maximum Gasteiger partial charge on any atom is 0.323 e. The lowest BCUT2D eigenvalue weighted by atomic mass is 9.71. The highest BCUT2D eigenvalue weighted by atomic mass is 16.5. The molecule has 4 rings (SSSR count). The minimum Gasteiger partial charge on any atom is -0.465 e. The minimum absolute atomic E-state index is 0.324. The summed E-state index contributed by atoms with van der Waals surface area (Å²) in [4.78, 5) is 17.9. The number of benzene rings is 1. The van der Waals surface area contributed by atoms with Crippen LogP contribution in [0.2, 0.25) is 0 Å². The van der Waals surface area contributed by atoms with Crippen molar-refractivity contribution in [1.29, 1.82) is 5.26 Å². The van der Waals surface area contributed by atoms with Crippen LogP contribution in [-0.4, -0.2) is 42.1 Å². The second kappa shape index (κ2) is 6.77. The molecule has 0 radical (unpaired) electrons. The van der Waals surface area contributed by atoms with Gasteiger partial charge in [0.1, 0.15) is 5.92 Å². The summed E-state index contributed by atoms with van der Waals surface area (Å²) in [6, 6.07) is 9.16. The van der Waals surface area contributed by atoms with Crippen LogP contribution in [-0.2, 0) is 16.0 Å². The van der Waals surface area contributed by atoms with Crippen molar-refractivity contribution < 1.29 is 9.53 Å². The number of esters is 1. The Labute approximate surface area is 153 Å². The minimum atomic E-state index is -0.660. The van der Waals surface area contributed by atoms with Crippen molar-refractivity contribution >= 4 is 16.9 Å². The summed E-state index contributed by atoms with van der Waals surface area (Å²) in [5.41, 5.74) is 4.03. The van der Waals surface area contributed by atoms with Crippen LogP contribution in [0.3, 0.4) is 0 Å². The van der Waals surface area contributed by atoms with E-state index >= 15 is 0 Å². The average molecular weight is 351 g/mol. The number of nitrogens with zero attached hydrogens (tertiary/aromatic N) is 2. The number of carbonyl (C=O) groups excluding carboxylic acids is 1. The fourth-order valence-electron chi connectivity index (χ4n) is 5.00. The van der Waals surface area contributed by atoms with Crippen LogP contribution in [0.1, 0.15) is 36.8 Å². The number of fused-ring (bicyclic) bond motifs is 2. The summed E-state index contributed by atoms with van der Waals surface area (Å²) in [7, 11) is 2.17. The Morgan fingerprint density at radius 1 is 1.50 bits per heavy atom. The fraction of sp³-hybridized carbons (Fsp3) is 0.524. The predicted molar refractivity (Wildman–Crippen MR) is 99.6 cm³/mol. The van der Waals surface area contributed by atoms with E-state index in [0.717, 1.165) is 19.4 Å². The van der Waals surface area contributed by atoms with Crippen LogP contribution in [0.25, 0.3) is 10.9 Å². The van der Waals surface area contributed by atoms with Gasteiger partial charge in [0.05, 0.1) is 12.7 Å². The number of nitriles is 1. The highest BCUT2D eigenvalue weighted by Gasteiger charge is 2.40. The number of carbonyl (C=O) groups is 1. The smallest absolute Gasteiger partial charge is 0.323 e. The molecule has 26 heavy (non-hydrogen) atoms. The zero-order valence-corrected chi connectivity index (χ0v) is 15.4. The number of hydrogen-bond donors (Lipinski definition) is 1. The molecule has 0 saturated carbocycles. The molecule has 2 aliphatic rings. The molecule has 1 N–H and O–H groups in total. The molecule has 2 heterocycles. The number of hydrogen-bond acceptors (Lipinski definition) is 4. The van der Waals surface area contributed by atoms with Gasteiger partial charge < -0.3 is 14.6 Å². The first-order valence-electron chi connectivity index (χ1n) is 9.47. The van der Waals surface area contributed by atoms with Gasteiger partial charge in [0.25, 0.3) is 0 Å². The van der Waals surface area contributed by atoms with E-state index in [1.54, 1.807) is 6.92 Å². The molecule has 136 valence electrons. The van der Waals surface area contributed by atoms with Crippen molar-refractivity contribution in [3.05, 3.63) is 35.5 Å². The lowest BCUT2D eigenvalue weighted by molar-refractivity contribution is -0.146. The van der Waals surface area contributed by atoms with Gasteiger partial charge in [0, 0.05) is 35.6 Å². The van der Waals surface area contributed by atoms with Crippen molar-refractivity contribution in [3.63, 3.8) is 0 Å². The number of piperidine rings is 1. The monoisotopic (exact) mass is 351 g/mol. The Kier molecular flexibility index (Phi) is 4.46. The summed E-state index contributed by atoms with van der Waals surface area (Å²) in [5, 5.41) is 10.8. The Morgan fingerprint density at radius 3 is 3.12 bits per heavy atom. The van der Waals surface area contributed by atoms with E-state index in [-0.39, 0.29) is 5.97 Å². The van der Waals surface area contributed by atoms with Gasteiger partial charge in [0.15, 0.2) is 0 Å². The predicted octanol–water partition coefficient (Wildman–Crippen LogP) is 3.22. The number of ether oxygens (including phenoxy) is 1. The third-order valence-corrected chi connectivity index (χ3v) is 6.11. The van der Waals surface area contributed by atoms with E-state index in [4.69, 9.17) is 4.74 Å². The van der Waals surface area contributed by atoms with Gasteiger partial charge in [-0.1, -0.05) is 12.1 Å². The topological polar surface area (TPSA) is 69.1 Å². The Balaban J connectivity index is 1.59. The van der Waals surface area contributed by atoms with Gasteiger partial charge in [-0.05, 0) is 56.3 Å². The third-order valence-electron chi connectivity index (χ3n) is 6.11. The molecule has 1 unspecified atom stereocenters. The average Bonchev–Trinajstić information content (AvgIpc) is 3.05. The molecule has 1 aromatic carbocycles. The van der Waals surface area contributed by atoms with Crippen molar-refractivity contribution in [1.82, 2.24) is 9.88 Å². The highest BCUT2D eigenvalue weighted by Crippen LogP contribution is 2.45. The molecule has 1 aliphatic heterocycles. The fourth-order valence-corrected chi connectivity index (χ4v) is 5.00. The van der Waals surface area contributed by atoms with E-state index in [2.05, 4.69) is 47.4 Å². The van der Waals surface area contributed by atoms with Crippen molar-refractivity contribution in [2.45, 2.75) is 38.1 Å². The van der Waals surface area contributed by atoms with Crippen LogP contribution < -0.4 is 0 Å². The first kappa shape index (κ1) is 17.1. The molecule has 1 aliphatic carbocycles. The van der Waals surface area contributed by atoms with E-state index in [0.29, 0.717) is 30.9 Å². The lowest BCUT2D eigenvalue weighted by Gasteiger charge is -2.45. The van der Waals surface area contributed by atoms with Gasteiger partial charge in [-0.15, -0.1) is 0 Å². The molecule has 0 spiro atoms. The molecular formula is C21H25N3O2. The molecule has 1 fully saturated rings. The summed E-state index contributed by atoms with van der Waals surface area (Å²) in [5.74, 6) is -0.260. The molecule has 5 heteroatoms. The van der Waals surface area contributed by atoms with Crippen molar-refractivity contribution in [3.8, 4) is 6.07 Å². The number of likely N-dealkylation sites (tertiary alicyclic amines) is 1. The molecular weight excluding hydrogens is 326 g/mol.